The van der Waals surface area contributed by atoms with Crippen LogP contribution in [0.15, 0.2) is 83.8 Å². The molecular weight excluding hydrogens is 545 g/mol. The highest BCUT2D eigenvalue weighted by Gasteiger charge is 2.33. The average molecular weight is 584 g/mol. The van der Waals surface area contributed by atoms with E-state index in [4.69, 9.17) is 4.74 Å². The first-order valence-electron chi connectivity index (χ1n) is 13.8. The fourth-order valence-electron chi connectivity index (χ4n) is 4.40. The molecule has 0 saturated carbocycles. The van der Waals surface area contributed by atoms with Gasteiger partial charge in [-0.15, -0.1) is 0 Å². The van der Waals surface area contributed by atoms with E-state index in [1.54, 1.807) is 24.3 Å². The lowest BCUT2D eigenvalue weighted by Gasteiger charge is -2.33. The molecule has 1 N–H and O–H groups in total. The van der Waals surface area contributed by atoms with Gasteiger partial charge < -0.3 is 15.0 Å². The lowest BCUT2D eigenvalue weighted by atomic mass is 10.1. The van der Waals surface area contributed by atoms with Gasteiger partial charge in [0.25, 0.3) is 10.0 Å². The summed E-state index contributed by atoms with van der Waals surface area (Å²) in [5.74, 6) is -0.850. The van der Waals surface area contributed by atoms with E-state index in [9.17, 15) is 22.4 Å². The number of amides is 2. The smallest absolute Gasteiger partial charge is 0.264 e. The zero-order valence-corrected chi connectivity index (χ0v) is 24.6. The predicted molar refractivity (Wildman–Crippen MR) is 158 cm³/mol. The van der Waals surface area contributed by atoms with E-state index in [0.717, 1.165) is 40.6 Å². The Morgan fingerprint density at radius 3 is 2.17 bits per heavy atom. The molecular formula is C31H38FN3O5S. The van der Waals surface area contributed by atoms with Crippen molar-refractivity contribution < 1.29 is 27.1 Å². The molecule has 0 saturated heterocycles. The molecule has 8 nitrogen and oxygen atoms in total. The van der Waals surface area contributed by atoms with Gasteiger partial charge in [0.2, 0.25) is 11.8 Å². The number of carbonyl (C=O) groups excluding carboxylic acids is 2. The topological polar surface area (TPSA) is 96.0 Å². The van der Waals surface area contributed by atoms with E-state index in [0.29, 0.717) is 31.7 Å². The molecule has 1 atom stereocenters. The summed E-state index contributed by atoms with van der Waals surface area (Å²) in [6.07, 6.45) is 1.57. The molecule has 41 heavy (non-hydrogen) atoms. The van der Waals surface area contributed by atoms with Crippen LogP contribution in [0.5, 0.6) is 5.75 Å². The summed E-state index contributed by atoms with van der Waals surface area (Å²) in [5.41, 5.74) is 1.22. The molecule has 0 radical (unpaired) electrons. The van der Waals surface area contributed by atoms with Gasteiger partial charge >= 0.3 is 0 Å². The second-order valence-electron chi connectivity index (χ2n) is 9.43. The van der Waals surface area contributed by atoms with Crippen LogP contribution in [0.1, 0.15) is 39.2 Å². The maximum Gasteiger partial charge on any atom is 0.264 e. The fraction of sp³-hybridized carbons (Fsp3) is 0.355. The zero-order valence-electron chi connectivity index (χ0n) is 23.8. The monoisotopic (exact) mass is 583 g/mol. The standard InChI is InChI=1S/C31H38FN3O5S/c1-4-21-33-31(37)29(5-2)34(22-20-24-10-8-7-9-11-24)30(36)23-35(26-14-16-27(17-15-26)40-6-3)41(38,39)28-18-12-25(32)13-19-28/h7-19,29H,4-6,20-23H2,1-3H3,(H,33,37). The molecule has 3 aromatic carbocycles. The van der Waals surface area contributed by atoms with Crippen LogP contribution >= 0.6 is 0 Å². The first-order chi connectivity index (χ1) is 19.7. The van der Waals surface area contributed by atoms with Crippen molar-refractivity contribution in [2.75, 3.05) is 30.5 Å². The maximum atomic E-state index is 14.0. The number of nitrogens with zero attached hydrogens (tertiary/aromatic N) is 2. The second-order valence-corrected chi connectivity index (χ2v) is 11.3. The molecule has 0 aliphatic heterocycles. The van der Waals surface area contributed by atoms with Crippen LogP contribution in [0.2, 0.25) is 0 Å². The van der Waals surface area contributed by atoms with Crippen molar-refractivity contribution >= 4 is 27.5 Å². The third kappa shape index (κ3) is 8.53. The lowest BCUT2D eigenvalue weighted by Crippen LogP contribution is -2.53. The number of benzene rings is 3. The van der Waals surface area contributed by atoms with E-state index in [1.165, 1.54) is 4.90 Å². The van der Waals surface area contributed by atoms with Crippen molar-refractivity contribution in [2.24, 2.45) is 0 Å². The van der Waals surface area contributed by atoms with Crippen molar-refractivity contribution in [3.63, 3.8) is 0 Å². The van der Waals surface area contributed by atoms with E-state index in [2.05, 4.69) is 5.32 Å². The van der Waals surface area contributed by atoms with Crippen LogP contribution in [0.4, 0.5) is 10.1 Å². The van der Waals surface area contributed by atoms with Crippen LogP contribution in [0.3, 0.4) is 0 Å². The van der Waals surface area contributed by atoms with Crippen molar-refractivity contribution in [1.82, 2.24) is 10.2 Å². The molecule has 0 aliphatic carbocycles. The molecule has 1 unspecified atom stereocenters. The highest BCUT2D eigenvalue weighted by Crippen LogP contribution is 2.27. The van der Waals surface area contributed by atoms with Crippen LogP contribution in [0, 0.1) is 5.82 Å². The van der Waals surface area contributed by atoms with Crippen molar-refractivity contribution in [3.05, 3.63) is 90.2 Å². The van der Waals surface area contributed by atoms with Gasteiger partial charge in [0, 0.05) is 13.1 Å². The molecule has 0 aromatic heterocycles. The van der Waals surface area contributed by atoms with Gasteiger partial charge in [0.15, 0.2) is 0 Å². The van der Waals surface area contributed by atoms with Gasteiger partial charge in [-0.3, -0.25) is 13.9 Å². The SMILES string of the molecule is CCCNC(=O)C(CC)N(CCc1ccccc1)C(=O)CN(c1ccc(OCC)cc1)S(=O)(=O)c1ccc(F)cc1. The Kier molecular flexibility index (Phi) is 11.7. The van der Waals surface area contributed by atoms with E-state index < -0.39 is 34.3 Å². The van der Waals surface area contributed by atoms with Crippen molar-refractivity contribution in [3.8, 4) is 5.75 Å². The summed E-state index contributed by atoms with van der Waals surface area (Å²) in [6, 6.07) is 19.6. The van der Waals surface area contributed by atoms with Crippen LogP contribution in [-0.2, 0) is 26.0 Å². The zero-order chi connectivity index (χ0) is 29.8. The molecule has 10 heteroatoms. The Hall–Kier alpha value is -3.92. The number of halogens is 1. The molecule has 3 aromatic rings. The Bertz CT molecular complexity index is 1370. The van der Waals surface area contributed by atoms with Crippen LogP contribution in [0.25, 0.3) is 0 Å². The van der Waals surface area contributed by atoms with E-state index in [-0.39, 0.29) is 23.0 Å². The quantitative estimate of drug-likeness (QED) is 0.278. The van der Waals surface area contributed by atoms with Gasteiger partial charge in [0.1, 0.15) is 24.2 Å². The van der Waals surface area contributed by atoms with Crippen molar-refractivity contribution in [2.45, 2.75) is 51.0 Å². The minimum Gasteiger partial charge on any atom is -0.494 e. The number of carbonyl (C=O) groups is 2. The summed E-state index contributed by atoms with van der Waals surface area (Å²) in [6.45, 7) is 6.15. The Labute approximate surface area is 242 Å². The number of sulfonamides is 1. The maximum absolute atomic E-state index is 14.0. The van der Waals surface area contributed by atoms with Gasteiger partial charge in [-0.2, -0.15) is 0 Å². The van der Waals surface area contributed by atoms with Gasteiger partial charge in [-0.25, -0.2) is 12.8 Å². The molecule has 0 heterocycles. The average Bonchev–Trinajstić information content (AvgIpc) is 2.98. The molecule has 3 rings (SSSR count). The summed E-state index contributed by atoms with van der Waals surface area (Å²) < 4.78 is 47.8. The van der Waals surface area contributed by atoms with Gasteiger partial charge in [-0.05, 0) is 80.3 Å². The molecule has 220 valence electrons. The van der Waals surface area contributed by atoms with Gasteiger partial charge in [0.05, 0.1) is 17.2 Å². The highest BCUT2D eigenvalue weighted by molar-refractivity contribution is 7.92. The minimum atomic E-state index is -4.28. The number of nitrogens with one attached hydrogen (secondary N) is 1. The summed E-state index contributed by atoms with van der Waals surface area (Å²) in [4.78, 5) is 28.4. The molecule has 2 amide bonds. The first kappa shape index (κ1) is 31.6. The highest BCUT2D eigenvalue weighted by atomic mass is 32.2. The fourth-order valence-corrected chi connectivity index (χ4v) is 5.81. The number of anilines is 1. The first-order valence-corrected chi connectivity index (χ1v) is 15.3. The Morgan fingerprint density at radius 1 is 0.927 bits per heavy atom. The number of rotatable bonds is 15. The van der Waals surface area contributed by atoms with E-state index in [1.807, 2.05) is 51.1 Å². The third-order valence-electron chi connectivity index (χ3n) is 6.54. The summed E-state index contributed by atoms with van der Waals surface area (Å²) >= 11 is 0. The molecule has 0 spiro atoms. The lowest BCUT2D eigenvalue weighted by molar-refractivity contribution is -0.139. The molecule has 0 fully saturated rings. The van der Waals surface area contributed by atoms with E-state index >= 15 is 0 Å². The van der Waals surface area contributed by atoms with Gasteiger partial charge in [-0.1, -0.05) is 44.2 Å². The Morgan fingerprint density at radius 2 is 1.59 bits per heavy atom. The molecule has 0 aliphatic rings. The number of ether oxygens (including phenoxy) is 1. The normalized spacial score (nSPS) is 11.9. The van der Waals surface area contributed by atoms with Crippen LogP contribution in [-0.4, -0.2) is 57.4 Å². The largest absolute Gasteiger partial charge is 0.494 e. The Balaban J connectivity index is 2.00. The summed E-state index contributed by atoms with van der Waals surface area (Å²) in [5, 5.41) is 2.87. The van der Waals surface area contributed by atoms with Crippen LogP contribution < -0.4 is 14.4 Å². The second kappa shape index (κ2) is 15.2. The predicted octanol–water partition coefficient (Wildman–Crippen LogP) is 4.80. The summed E-state index contributed by atoms with van der Waals surface area (Å²) in [7, 11) is -4.28. The van der Waals surface area contributed by atoms with Crippen molar-refractivity contribution in [1.29, 1.82) is 0 Å². The number of hydrogen-bond acceptors (Lipinski definition) is 5. The minimum absolute atomic E-state index is 0.163. The number of hydrogen-bond donors (Lipinski definition) is 1. The molecule has 0 bridgehead atoms. The third-order valence-corrected chi connectivity index (χ3v) is 8.32.